The molecule has 0 bridgehead atoms. The van der Waals surface area contributed by atoms with E-state index in [9.17, 15) is 0 Å². The lowest BCUT2D eigenvalue weighted by Crippen LogP contribution is -2.26. The summed E-state index contributed by atoms with van der Waals surface area (Å²) in [6.07, 6.45) is 0. The van der Waals surface area contributed by atoms with Gasteiger partial charge >= 0.3 is 0 Å². The first kappa shape index (κ1) is 11.5. The molecule has 0 atom stereocenters. The average Bonchev–Trinajstić information content (AvgIpc) is 2.21. The Morgan fingerprint density at radius 3 is 2.57 bits per heavy atom. The first-order valence-corrected chi connectivity index (χ1v) is 5.41. The van der Waals surface area contributed by atoms with E-state index in [0.717, 1.165) is 23.3 Å². The van der Waals surface area contributed by atoms with Crippen LogP contribution in [-0.4, -0.2) is 26.2 Å². The predicted octanol–water partition coefficient (Wildman–Crippen LogP) is 1.38. The molecule has 3 N–H and O–H groups in total. The first-order valence-electron chi connectivity index (χ1n) is 4.62. The lowest BCUT2D eigenvalue weighted by Gasteiger charge is -2.06. The molecule has 0 aliphatic carbocycles. The molecule has 0 radical (unpaired) electrons. The Hall–Kier alpha value is -0.580. The highest BCUT2D eigenvalue weighted by molar-refractivity contribution is 9.10. The Bertz CT molecular complexity index is 251. The van der Waals surface area contributed by atoms with Gasteiger partial charge in [0.2, 0.25) is 0 Å². The van der Waals surface area contributed by atoms with Crippen molar-refractivity contribution in [3.05, 3.63) is 28.7 Å². The summed E-state index contributed by atoms with van der Waals surface area (Å²) in [5, 5.41) is 3.16. The van der Waals surface area contributed by atoms with Gasteiger partial charge in [0.25, 0.3) is 0 Å². The number of halogens is 1. The molecule has 1 aromatic carbocycles. The topological polar surface area (TPSA) is 47.3 Å². The molecule has 14 heavy (non-hydrogen) atoms. The molecule has 4 heteroatoms. The second-order valence-electron chi connectivity index (χ2n) is 2.84. The zero-order valence-electron chi connectivity index (χ0n) is 8.00. The molecule has 1 rings (SSSR count). The van der Waals surface area contributed by atoms with Crippen molar-refractivity contribution in [3.63, 3.8) is 0 Å². The summed E-state index contributed by atoms with van der Waals surface area (Å²) in [6, 6.07) is 7.80. The second kappa shape index (κ2) is 6.81. The van der Waals surface area contributed by atoms with Gasteiger partial charge in [-0.05, 0) is 24.3 Å². The molecule has 0 saturated carbocycles. The largest absolute Gasteiger partial charge is 0.492 e. The summed E-state index contributed by atoms with van der Waals surface area (Å²) < 4.78 is 6.54. The summed E-state index contributed by atoms with van der Waals surface area (Å²) in [4.78, 5) is 0. The van der Waals surface area contributed by atoms with Crippen molar-refractivity contribution in [3.8, 4) is 5.75 Å². The van der Waals surface area contributed by atoms with Crippen molar-refractivity contribution in [1.82, 2.24) is 5.32 Å². The second-order valence-corrected chi connectivity index (χ2v) is 3.76. The van der Waals surface area contributed by atoms with Crippen molar-refractivity contribution in [2.45, 2.75) is 0 Å². The predicted molar refractivity (Wildman–Crippen MR) is 61.6 cm³/mol. The molecular weight excluding hydrogens is 244 g/mol. The van der Waals surface area contributed by atoms with E-state index in [1.165, 1.54) is 0 Å². The molecule has 0 spiro atoms. The monoisotopic (exact) mass is 258 g/mol. The molecule has 78 valence electrons. The fourth-order valence-electron chi connectivity index (χ4n) is 0.999. The van der Waals surface area contributed by atoms with E-state index in [1.807, 2.05) is 24.3 Å². The summed E-state index contributed by atoms with van der Waals surface area (Å²) >= 11 is 3.37. The third-order valence-electron chi connectivity index (χ3n) is 1.68. The van der Waals surface area contributed by atoms with Gasteiger partial charge in [0, 0.05) is 24.1 Å². The fourth-order valence-corrected chi connectivity index (χ4v) is 1.26. The molecule has 0 saturated heterocycles. The normalized spacial score (nSPS) is 10.1. The van der Waals surface area contributed by atoms with Crippen LogP contribution in [0.5, 0.6) is 5.75 Å². The maximum Gasteiger partial charge on any atom is 0.119 e. The van der Waals surface area contributed by atoms with Gasteiger partial charge in [0.1, 0.15) is 12.4 Å². The van der Waals surface area contributed by atoms with E-state index in [2.05, 4.69) is 21.2 Å². The van der Waals surface area contributed by atoms with Gasteiger partial charge in [0.15, 0.2) is 0 Å². The van der Waals surface area contributed by atoms with Crippen LogP contribution in [0.25, 0.3) is 0 Å². The van der Waals surface area contributed by atoms with E-state index in [-0.39, 0.29) is 0 Å². The van der Waals surface area contributed by atoms with Crippen LogP contribution < -0.4 is 15.8 Å². The average molecular weight is 259 g/mol. The Morgan fingerprint density at radius 2 is 1.93 bits per heavy atom. The van der Waals surface area contributed by atoms with E-state index in [0.29, 0.717) is 13.2 Å². The molecule has 0 aliphatic rings. The van der Waals surface area contributed by atoms with E-state index < -0.39 is 0 Å². The number of nitrogens with two attached hydrogens (primary N) is 1. The third kappa shape index (κ3) is 4.60. The Labute approximate surface area is 92.8 Å². The number of rotatable bonds is 6. The van der Waals surface area contributed by atoms with Gasteiger partial charge in [-0.25, -0.2) is 0 Å². The molecule has 1 aromatic rings. The third-order valence-corrected chi connectivity index (χ3v) is 2.21. The van der Waals surface area contributed by atoms with Crippen LogP contribution in [0.15, 0.2) is 28.7 Å². The van der Waals surface area contributed by atoms with Crippen molar-refractivity contribution in [2.24, 2.45) is 5.73 Å². The molecule has 0 fully saturated rings. The van der Waals surface area contributed by atoms with E-state index in [4.69, 9.17) is 10.5 Å². The number of hydrogen-bond acceptors (Lipinski definition) is 3. The molecule has 0 unspecified atom stereocenters. The summed E-state index contributed by atoms with van der Waals surface area (Å²) in [5.74, 6) is 0.891. The van der Waals surface area contributed by atoms with Gasteiger partial charge in [-0.15, -0.1) is 0 Å². The zero-order chi connectivity index (χ0) is 10.2. The Morgan fingerprint density at radius 1 is 1.21 bits per heavy atom. The van der Waals surface area contributed by atoms with Crippen LogP contribution in [0.1, 0.15) is 0 Å². The molecule has 0 amide bonds. The summed E-state index contributed by atoms with van der Waals surface area (Å²) in [7, 11) is 0. The quantitative estimate of drug-likeness (QED) is 0.759. The van der Waals surface area contributed by atoms with Crippen LogP contribution in [0.4, 0.5) is 0 Å². The number of hydrogen-bond donors (Lipinski definition) is 2. The van der Waals surface area contributed by atoms with Crippen LogP contribution in [0, 0.1) is 0 Å². The molecule has 3 nitrogen and oxygen atoms in total. The highest BCUT2D eigenvalue weighted by Crippen LogP contribution is 2.15. The van der Waals surface area contributed by atoms with Gasteiger partial charge in [-0.1, -0.05) is 15.9 Å². The number of nitrogens with one attached hydrogen (secondary N) is 1. The van der Waals surface area contributed by atoms with Crippen molar-refractivity contribution in [2.75, 3.05) is 26.2 Å². The SMILES string of the molecule is NCCNCCOc1ccc(Br)cc1. The van der Waals surface area contributed by atoms with E-state index >= 15 is 0 Å². The first-order chi connectivity index (χ1) is 6.83. The zero-order valence-corrected chi connectivity index (χ0v) is 9.59. The van der Waals surface area contributed by atoms with Gasteiger partial charge in [-0.3, -0.25) is 0 Å². The number of ether oxygens (including phenoxy) is 1. The number of benzene rings is 1. The minimum atomic E-state index is 0.665. The highest BCUT2D eigenvalue weighted by atomic mass is 79.9. The van der Waals surface area contributed by atoms with Crippen LogP contribution >= 0.6 is 15.9 Å². The maximum atomic E-state index is 5.48. The van der Waals surface area contributed by atoms with Crippen molar-refractivity contribution in [1.29, 1.82) is 0 Å². The van der Waals surface area contributed by atoms with Crippen LogP contribution in [-0.2, 0) is 0 Å². The van der Waals surface area contributed by atoms with E-state index in [1.54, 1.807) is 0 Å². The lowest BCUT2D eigenvalue weighted by atomic mass is 10.3. The minimum absolute atomic E-state index is 0.665. The highest BCUT2D eigenvalue weighted by Gasteiger charge is 1.92. The standard InChI is InChI=1S/C10H15BrN2O/c11-9-1-3-10(4-2-9)14-8-7-13-6-5-12/h1-4,13H,5-8,12H2. The summed E-state index contributed by atoms with van der Waals surface area (Å²) in [5.41, 5.74) is 5.33. The van der Waals surface area contributed by atoms with Crippen LogP contribution in [0.2, 0.25) is 0 Å². The van der Waals surface area contributed by atoms with Crippen molar-refractivity contribution < 1.29 is 4.74 Å². The van der Waals surface area contributed by atoms with Crippen molar-refractivity contribution >= 4 is 15.9 Å². The van der Waals surface area contributed by atoms with Crippen LogP contribution in [0.3, 0.4) is 0 Å². The van der Waals surface area contributed by atoms with Gasteiger partial charge in [0.05, 0.1) is 0 Å². The Balaban J connectivity index is 2.15. The van der Waals surface area contributed by atoms with Gasteiger partial charge < -0.3 is 15.8 Å². The minimum Gasteiger partial charge on any atom is -0.492 e. The fraction of sp³-hybridized carbons (Fsp3) is 0.400. The van der Waals surface area contributed by atoms with Gasteiger partial charge in [-0.2, -0.15) is 0 Å². The smallest absolute Gasteiger partial charge is 0.119 e. The Kier molecular flexibility index (Phi) is 5.59. The molecule has 0 aromatic heterocycles. The molecule has 0 aliphatic heterocycles. The summed E-state index contributed by atoms with van der Waals surface area (Å²) in [6.45, 7) is 3.00. The lowest BCUT2D eigenvalue weighted by molar-refractivity contribution is 0.315. The maximum absolute atomic E-state index is 5.48. The molecular formula is C10H15BrN2O. The molecule has 0 heterocycles.